The maximum atomic E-state index is 13.4. The Morgan fingerprint density at radius 1 is 1.06 bits per heavy atom. The van der Waals surface area contributed by atoms with Crippen molar-refractivity contribution < 1.29 is 33.6 Å². The van der Waals surface area contributed by atoms with E-state index in [0.29, 0.717) is 47.5 Å². The molecule has 2 aliphatic rings. The quantitative estimate of drug-likeness (QED) is 0.284. The lowest BCUT2D eigenvalue weighted by Crippen LogP contribution is -2.29. The summed E-state index contributed by atoms with van der Waals surface area (Å²) in [5, 5.41) is 13.3. The molecule has 3 aromatic rings. The summed E-state index contributed by atoms with van der Waals surface area (Å²) in [5.41, 5.74) is 0.756. The molecular formula is C26H23NO7S. The van der Waals surface area contributed by atoms with Crippen molar-refractivity contribution in [2.75, 3.05) is 24.9 Å². The van der Waals surface area contributed by atoms with Crippen molar-refractivity contribution >= 4 is 34.5 Å². The minimum atomic E-state index is -0.823. The molecule has 1 unspecified atom stereocenters. The van der Waals surface area contributed by atoms with Crippen LogP contribution in [0, 0.1) is 0 Å². The van der Waals surface area contributed by atoms with Crippen molar-refractivity contribution in [3.63, 3.8) is 0 Å². The fraction of sp³-hybridized carbons (Fsp3) is 0.231. The van der Waals surface area contributed by atoms with E-state index in [2.05, 4.69) is 0 Å². The number of amides is 1. The second-order valence-electron chi connectivity index (χ2n) is 7.75. The third-order valence-corrected chi connectivity index (χ3v) is 6.64. The summed E-state index contributed by atoms with van der Waals surface area (Å²) < 4.78 is 22.1. The molecule has 0 radical (unpaired) electrons. The number of ketones is 1. The molecule has 0 bridgehead atoms. The zero-order valence-electron chi connectivity index (χ0n) is 19.1. The van der Waals surface area contributed by atoms with Crippen LogP contribution in [-0.4, -0.2) is 36.8 Å². The molecular weight excluding hydrogens is 470 g/mol. The second-order valence-corrected chi connectivity index (χ2v) is 8.73. The van der Waals surface area contributed by atoms with Crippen LogP contribution in [0.1, 0.15) is 30.3 Å². The minimum Gasteiger partial charge on any atom is -0.507 e. The Labute approximate surface area is 205 Å². The lowest BCUT2D eigenvalue weighted by Gasteiger charge is -2.24. The average Bonchev–Trinajstić information content (AvgIpc) is 3.59. The second kappa shape index (κ2) is 9.34. The van der Waals surface area contributed by atoms with Gasteiger partial charge in [-0.05, 0) is 49.6 Å². The van der Waals surface area contributed by atoms with Gasteiger partial charge in [0.25, 0.3) is 11.7 Å². The predicted octanol–water partition coefficient (Wildman–Crippen LogP) is 4.90. The summed E-state index contributed by atoms with van der Waals surface area (Å²) in [4.78, 5) is 28.8. The van der Waals surface area contributed by atoms with E-state index in [-0.39, 0.29) is 18.1 Å². The summed E-state index contributed by atoms with van der Waals surface area (Å²) >= 11 is 1.39. The minimum absolute atomic E-state index is 0.0137. The predicted molar refractivity (Wildman–Crippen MR) is 130 cm³/mol. The van der Waals surface area contributed by atoms with Crippen LogP contribution in [0.15, 0.2) is 59.5 Å². The number of aliphatic hydroxyl groups is 1. The number of nitrogens with zero attached hydrogens (tertiary/aromatic N) is 1. The van der Waals surface area contributed by atoms with Gasteiger partial charge < -0.3 is 24.1 Å². The van der Waals surface area contributed by atoms with Gasteiger partial charge in [-0.25, -0.2) is 0 Å². The normalized spacial score (nSPS) is 18.2. The number of ether oxygens (including phenoxy) is 4. The molecule has 35 heavy (non-hydrogen) atoms. The van der Waals surface area contributed by atoms with Gasteiger partial charge >= 0.3 is 0 Å². The number of aliphatic hydroxyl groups excluding tert-OH is 1. The Morgan fingerprint density at radius 2 is 1.86 bits per heavy atom. The molecule has 0 saturated carbocycles. The Morgan fingerprint density at radius 3 is 2.60 bits per heavy atom. The Hall–Kier alpha value is -3.98. The van der Waals surface area contributed by atoms with E-state index in [1.165, 1.54) is 16.2 Å². The third kappa shape index (κ3) is 3.97. The molecule has 1 fully saturated rings. The molecule has 1 aromatic heterocycles. The number of rotatable bonds is 7. The molecule has 1 N–H and O–H groups in total. The highest BCUT2D eigenvalue weighted by molar-refractivity contribution is 7.10. The monoisotopic (exact) mass is 493 g/mol. The molecule has 2 aromatic carbocycles. The van der Waals surface area contributed by atoms with Gasteiger partial charge in [0.15, 0.2) is 11.5 Å². The first-order chi connectivity index (χ1) is 17.0. The summed E-state index contributed by atoms with van der Waals surface area (Å²) in [6.45, 7) is 4.59. The van der Waals surface area contributed by atoms with Crippen LogP contribution in [0.4, 0.5) is 5.69 Å². The topological polar surface area (TPSA) is 94.5 Å². The van der Waals surface area contributed by atoms with E-state index < -0.39 is 17.7 Å². The molecule has 0 aliphatic carbocycles. The van der Waals surface area contributed by atoms with Crippen LogP contribution >= 0.6 is 11.3 Å². The largest absolute Gasteiger partial charge is 0.507 e. The summed E-state index contributed by atoms with van der Waals surface area (Å²) in [6, 6.07) is 12.9. The fourth-order valence-corrected chi connectivity index (χ4v) is 5.05. The van der Waals surface area contributed by atoms with Crippen LogP contribution in [0.2, 0.25) is 0 Å². The Balaban J connectivity index is 1.67. The molecule has 3 heterocycles. The number of benzene rings is 2. The molecule has 1 amide bonds. The number of anilines is 1. The number of carbonyl (C=O) groups is 2. The zero-order chi connectivity index (χ0) is 24.5. The van der Waals surface area contributed by atoms with Crippen LogP contribution in [0.25, 0.3) is 5.76 Å². The van der Waals surface area contributed by atoms with E-state index in [0.717, 1.165) is 4.88 Å². The standard InChI is InChI=1S/C26H23NO7S/c1-3-31-16-8-9-17(19(13-16)32-4-2)24(28)22-23(21-6-5-11-35-21)27(26(30)25(22)29)15-7-10-18-20(12-15)34-14-33-18/h5-13,23,28H,3-4,14H2,1-2H3/b24-22-. The van der Waals surface area contributed by atoms with Crippen molar-refractivity contribution in [2.45, 2.75) is 19.9 Å². The van der Waals surface area contributed by atoms with Gasteiger partial charge in [0.05, 0.1) is 24.4 Å². The van der Waals surface area contributed by atoms with E-state index in [1.807, 2.05) is 31.4 Å². The molecule has 180 valence electrons. The van der Waals surface area contributed by atoms with Gasteiger partial charge in [-0.2, -0.15) is 0 Å². The van der Waals surface area contributed by atoms with Gasteiger partial charge in [0.2, 0.25) is 6.79 Å². The Kier molecular flexibility index (Phi) is 6.08. The fourth-order valence-electron chi connectivity index (χ4n) is 4.22. The zero-order valence-corrected chi connectivity index (χ0v) is 20.0. The molecule has 8 nitrogen and oxygen atoms in total. The number of hydrogen-bond donors (Lipinski definition) is 1. The molecule has 0 spiro atoms. The van der Waals surface area contributed by atoms with Crippen molar-refractivity contribution in [3.8, 4) is 23.0 Å². The van der Waals surface area contributed by atoms with E-state index in [9.17, 15) is 14.7 Å². The highest BCUT2D eigenvalue weighted by Crippen LogP contribution is 2.46. The van der Waals surface area contributed by atoms with Crippen molar-refractivity contribution in [1.29, 1.82) is 0 Å². The van der Waals surface area contributed by atoms with Gasteiger partial charge in [-0.1, -0.05) is 6.07 Å². The van der Waals surface area contributed by atoms with Crippen LogP contribution < -0.4 is 23.8 Å². The number of thiophene rings is 1. The lowest BCUT2D eigenvalue weighted by molar-refractivity contribution is -0.132. The van der Waals surface area contributed by atoms with Crippen molar-refractivity contribution in [2.24, 2.45) is 0 Å². The van der Waals surface area contributed by atoms with Gasteiger partial charge in [0.1, 0.15) is 23.3 Å². The van der Waals surface area contributed by atoms with Crippen LogP contribution in [0.3, 0.4) is 0 Å². The summed E-state index contributed by atoms with van der Waals surface area (Å²) in [5.74, 6) is 0.144. The first kappa shape index (κ1) is 22.8. The van der Waals surface area contributed by atoms with Crippen molar-refractivity contribution in [1.82, 2.24) is 0 Å². The highest BCUT2D eigenvalue weighted by Gasteiger charge is 2.48. The third-order valence-electron chi connectivity index (χ3n) is 5.71. The van der Waals surface area contributed by atoms with E-state index in [4.69, 9.17) is 18.9 Å². The molecule has 1 saturated heterocycles. The van der Waals surface area contributed by atoms with E-state index in [1.54, 1.807) is 36.4 Å². The highest BCUT2D eigenvalue weighted by atomic mass is 32.1. The Bertz CT molecular complexity index is 1320. The van der Waals surface area contributed by atoms with Gasteiger partial charge in [-0.15, -0.1) is 11.3 Å². The SMILES string of the molecule is CCOc1ccc(/C(O)=C2/C(=O)C(=O)N(c3ccc4c(c3)OCO4)C2c2cccs2)c(OCC)c1. The molecule has 9 heteroatoms. The molecule has 2 aliphatic heterocycles. The van der Waals surface area contributed by atoms with Gasteiger partial charge in [-0.3, -0.25) is 14.5 Å². The summed E-state index contributed by atoms with van der Waals surface area (Å²) in [6.07, 6.45) is 0. The first-order valence-electron chi connectivity index (χ1n) is 11.2. The first-order valence-corrected chi connectivity index (χ1v) is 12.1. The van der Waals surface area contributed by atoms with Crippen molar-refractivity contribution in [3.05, 3.63) is 69.9 Å². The summed E-state index contributed by atoms with van der Waals surface area (Å²) in [7, 11) is 0. The number of Topliss-reactive ketones (excluding diaryl/α,β-unsaturated/α-hetero) is 1. The lowest BCUT2D eigenvalue weighted by atomic mass is 9.99. The number of fused-ring (bicyclic) bond motifs is 1. The van der Waals surface area contributed by atoms with E-state index >= 15 is 0 Å². The number of hydrogen-bond acceptors (Lipinski definition) is 8. The van der Waals surface area contributed by atoms with Crippen LogP contribution in [-0.2, 0) is 9.59 Å². The maximum absolute atomic E-state index is 13.4. The van der Waals surface area contributed by atoms with Gasteiger partial charge in [0, 0.05) is 22.7 Å². The average molecular weight is 494 g/mol. The maximum Gasteiger partial charge on any atom is 0.300 e. The molecule has 1 atom stereocenters. The smallest absolute Gasteiger partial charge is 0.300 e. The van der Waals surface area contributed by atoms with Crippen LogP contribution in [0.5, 0.6) is 23.0 Å². The molecule has 5 rings (SSSR count). The number of carbonyl (C=O) groups excluding carboxylic acids is 2.